The zero-order valence-corrected chi connectivity index (χ0v) is 29.6. The number of nitrogens with zero attached hydrogens (tertiary/aromatic N) is 3. The number of hydrogen-bond acceptors (Lipinski definition) is 5. The Hall–Kier alpha value is -7.63. The highest BCUT2D eigenvalue weighted by Gasteiger charge is 2.19. The van der Waals surface area contributed by atoms with Gasteiger partial charge in [-0.25, -0.2) is 15.0 Å². The van der Waals surface area contributed by atoms with E-state index in [4.69, 9.17) is 27.9 Å². The first-order chi connectivity index (χ1) is 30.2. The maximum Gasteiger partial charge on any atom is 0.164 e. The van der Waals surface area contributed by atoms with Gasteiger partial charge < -0.3 is 8.83 Å². The molecule has 0 aliphatic rings. The highest BCUT2D eigenvalue weighted by atomic mass is 16.3. The molecule has 0 saturated heterocycles. The van der Waals surface area contributed by atoms with Crippen LogP contribution in [0, 0.1) is 0 Å². The molecule has 5 heteroatoms. The fraction of sp³-hybridized carbons (Fsp3) is 0. The van der Waals surface area contributed by atoms with Crippen LogP contribution in [0.2, 0.25) is 0 Å². The van der Waals surface area contributed by atoms with Gasteiger partial charge in [-0.2, -0.15) is 0 Å². The maximum absolute atomic E-state index is 9.64. The van der Waals surface area contributed by atoms with E-state index in [1.54, 1.807) is 0 Å². The molecule has 3 aromatic heterocycles. The molecule has 0 saturated carbocycles. The van der Waals surface area contributed by atoms with Gasteiger partial charge in [0.1, 0.15) is 22.3 Å². The van der Waals surface area contributed by atoms with Crippen LogP contribution < -0.4 is 0 Å². The number of aromatic nitrogens is 3. The number of fused-ring (bicyclic) bond motifs is 6. The molecule has 0 atom stereocenters. The Kier molecular flexibility index (Phi) is 6.10. The van der Waals surface area contributed by atoms with Crippen LogP contribution in [0.1, 0.15) is 8.22 Å². The molecular weight excluding hydrogens is 687 g/mol. The zero-order valence-electron chi connectivity index (χ0n) is 35.6. The van der Waals surface area contributed by atoms with Gasteiger partial charge in [-0.05, 0) is 63.6 Å². The topological polar surface area (TPSA) is 65.0 Å². The van der Waals surface area contributed by atoms with Gasteiger partial charge in [-0.15, -0.1) is 0 Å². The van der Waals surface area contributed by atoms with Crippen LogP contribution in [0.25, 0.3) is 111 Å². The van der Waals surface area contributed by atoms with Crippen molar-refractivity contribution in [2.24, 2.45) is 0 Å². The summed E-state index contributed by atoms with van der Waals surface area (Å²) < 4.78 is 67.9. The predicted molar refractivity (Wildman–Crippen MR) is 227 cm³/mol. The molecule has 262 valence electrons. The molecule has 8 aromatic carbocycles. The molecule has 0 unspecified atom stereocenters. The van der Waals surface area contributed by atoms with E-state index in [2.05, 4.69) is 0 Å². The van der Waals surface area contributed by atoms with Crippen LogP contribution in [0.4, 0.5) is 0 Å². The number of benzene rings is 8. The molecular formula is C51H31N3O2. The standard InChI is InChI=1S/C51H31N3O2/c1-3-11-32(12-4-1)34-21-25-36(26-22-34)39-16-9-19-44-47(39)41-30-29-38(31-46(41)56-44)50-52-49(37-27-23-35(24-28-37)33-13-5-2-6-14-33)53-51(54-50)42-17-10-20-45-48(42)40-15-7-8-18-43(40)55-45/h1-31H/i9D,16D,19D,29D,30D,31D. The summed E-state index contributed by atoms with van der Waals surface area (Å²) in [4.78, 5) is 14.8. The second-order valence-corrected chi connectivity index (χ2v) is 13.5. The molecule has 5 nitrogen and oxygen atoms in total. The highest BCUT2D eigenvalue weighted by Crippen LogP contribution is 2.40. The lowest BCUT2D eigenvalue weighted by Gasteiger charge is -2.10. The fourth-order valence-electron chi connectivity index (χ4n) is 7.38. The Morgan fingerprint density at radius 2 is 0.893 bits per heavy atom. The van der Waals surface area contributed by atoms with Crippen LogP contribution in [-0.2, 0) is 0 Å². The monoisotopic (exact) mass is 723 g/mol. The summed E-state index contributed by atoms with van der Waals surface area (Å²) >= 11 is 0. The van der Waals surface area contributed by atoms with E-state index in [-0.39, 0.29) is 86.8 Å². The van der Waals surface area contributed by atoms with Gasteiger partial charge in [0.2, 0.25) is 0 Å². The molecule has 0 N–H and O–H groups in total. The molecule has 0 bridgehead atoms. The third-order valence-electron chi connectivity index (χ3n) is 10.1. The second-order valence-electron chi connectivity index (χ2n) is 13.5. The summed E-state index contributed by atoms with van der Waals surface area (Å²) in [5.74, 6) is 0.548. The molecule has 11 aromatic rings. The molecule has 0 aliphatic heterocycles. The molecule has 0 radical (unpaired) electrons. The SMILES string of the molecule is [2H]c1c([2H])c(-c2ccc(-c3ccccc3)cc2)c2c(oc3c([2H])c(-c4nc(-c5ccc(-c6ccccc6)cc5)nc(-c5cccc6oc7ccccc7c56)n4)c([2H])c([2H])c32)c1[2H]. The first kappa shape index (κ1) is 26.2. The summed E-state index contributed by atoms with van der Waals surface area (Å²) in [5.41, 5.74) is 7.34. The number of hydrogen-bond donors (Lipinski definition) is 0. The van der Waals surface area contributed by atoms with Gasteiger partial charge in [0, 0.05) is 38.2 Å². The Morgan fingerprint density at radius 3 is 1.62 bits per heavy atom. The van der Waals surface area contributed by atoms with Crippen molar-refractivity contribution in [1.29, 1.82) is 0 Å². The number of furan rings is 2. The second kappa shape index (κ2) is 13.0. The first-order valence-electron chi connectivity index (χ1n) is 21.2. The van der Waals surface area contributed by atoms with Crippen LogP contribution in [0.15, 0.2) is 197 Å². The van der Waals surface area contributed by atoms with Gasteiger partial charge >= 0.3 is 0 Å². The van der Waals surface area contributed by atoms with Crippen molar-refractivity contribution < 1.29 is 17.1 Å². The minimum absolute atomic E-state index is 0.0158. The molecule has 3 heterocycles. The Labute approximate surface area is 330 Å². The Balaban J connectivity index is 1.14. The zero-order chi connectivity index (χ0) is 42.2. The van der Waals surface area contributed by atoms with Gasteiger partial charge in [0.15, 0.2) is 17.5 Å². The normalized spacial score (nSPS) is 13.1. The van der Waals surface area contributed by atoms with Crippen molar-refractivity contribution in [2.45, 2.75) is 0 Å². The van der Waals surface area contributed by atoms with Crippen molar-refractivity contribution >= 4 is 43.9 Å². The number of para-hydroxylation sites is 1. The third-order valence-corrected chi connectivity index (χ3v) is 10.1. The molecule has 11 rings (SSSR count). The van der Waals surface area contributed by atoms with E-state index in [1.165, 1.54) is 0 Å². The average molecular weight is 724 g/mol. The van der Waals surface area contributed by atoms with Crippen molar-refractivity contribution in [3.63, 3.8) is 0 Å². The summed E-state index contributed by atoms with van der Waals surface area (Å²) in [6, 6.07) is 46.7. The summed E-state index contributed by atoms with van der Waals surface area (Å²) in [7, 11) is 0. The summed E-state index contributed by atoms with van der Waals surface area (Å²) in [6.07, 6.45) is 0. The third kappa shape index (κ3) is 5.45. The first-order valence-corrected chi connectivity index (χ1v) is 18.2. The van der Waals surface area contributed by atoms with Crippen molar-refractivity contribution in [3.8, 4) is 67.5 Å². The minimum Gasteiger partial charge on any atom is -0.456 e. The van der Waals surface area contributed by atoms with E-state index >= 15 is 0 Å². The van der Waals surface area contributed by atoms with Gasteiger partial charge in [0.25, 0.3) is 0 Å². The number of rotatable bonds is 6. The maximum atomic E-state index is 9.64. The van der Waals surface area contributed by atoms with E-state index in [0.29, 0.717) is 27.9 Å². The van der Waals surface area contributed by atoms with E-state index in [1.807, 2.05) is 152 Å². The van der Waals surface area contributed by atoms with Crippen molar-refractivity contribution in [2.75, 3.05) is 0 Å². The molecule has 0 fully saturated rings. The van der Waals surface area contributed by atoms with Gasteiger partial charge in [-0.3, -0.25) is 0 Å². The Bertz CT molecular complexity index is 3570. The summed E-state index contributed by atoms with van der Waals surface area (Å²) in [6.45, 7) is 0. The lowest BCUT2D eigenvalue weighted by Crippen LogP contribution is -2.00. The van der Waals surface area contributed by atoms with E-state index in [9.17, 15) is 4.11 Å². The average Bonchev–Trinajstić information content (AvgIpc) is 3.91. The van der Waals surface area contributed by atoms with Crippen LogP contribution in [-0.4, -0.2) is 15.0 Å². The van der Waals surface area contributed by atoms with Crippen LogP contribution in [0.3, 0.4) is 0 Å². The van der Waals surface area contributed by atoms with Crippen LogP contribution >= 0.6 is 0 Å². The molecule has 0 spiro atoms. The van der Waals surface area contributed by atoms with E-state index in [0.717, 1.165) is 33.0 Å². The highest BCUT2D eigenvalue weighted by molar-refractivity contribution is 6.13. The van der Waals surface area contributed by atoms with Crippen LogP contribution in [0.5, 0.6) is 0 Å². The molecule has 0 aliphatic carbocycles. The minimum atomic E-state index is -0.353. The Morgan fingerprint density at radius 1 is 0.339 bits per heavy atom. The van der Waals surface area contributed by atoms with Gasteiger partial charge in [0.05, 0.1) is 8.22 Å². The van der Waals surface area contributed by atoms with Crippen molar-refractivity contribution in [3.05, 3.63) is 188 Å². The predicted octanol–water partition coefficient (Wildman–Crippen LogP) is 13.7. The van der Waals surface area contributed by atoms with Crippen molar-refractivity contribution in [1.82, 2.24) is 15.0 Å². The largest absolute Gasteiger partial charge is 0.456 e. The molecule has 0 amide bonds. The van der Waals surface area contributed by atoms with E-state index < -0.39 is 0 Å². The quantitative estimate of drug-likeness (QED) is 0.171. The molecule has 56 heavy (non-hydrogen) atoms. The smallest absolute Gasteiger partial charge is 0.164 e. The van der Waals surface area contributed by atoms with Gasteiger partial charge in [-0.1, -0.05) is 158 Å². The lowest BCUT2D eigenvalue weighted by atomic mass is 9.96. The lowest BCUT2D eigenvalue weighted by molar-refractivity contribution is 0.668. The fourth-order valence-corrected chi connectivity index (χ4v) is 7.38. The summed E-state index contributed by atoms with van der Waals surface area (Å²) in [5, 5.41) is 1.99.